The molecule has 2 aliphatic rings. The van der Waals surface area contributed by atoms with Gasteiger partial charge in [0.15, 0.2) is 0 Å². The summed E-state index contributed by atoms with van der Waals surface area (Å²) in [6, 6.07) is 10.2. The number of carbonyl (C=O) groups is 1. The lowest BCUT2D eigenvalue weighted by Crippen LogP contribution is -2.33. The number of carbonyl (C=O) groups excluding carboxylic acids is 1. The Balaban J connectivity index is 1.39. The van der Waals surface area contributed by atoms with Gasteiger partial charge in [0.05, 0.1) is 6.04 Å². The zero-order valence-corrected chi connectivity index (χ0v) is 19.8. The summed E-state index contributed by atoms with van der Waals surface area (Å²) >= 11 is 1.87. The van der Waals surface area contributed by atoms with Crippen LogP contribution in [0.15, 0.2) is 42.7 Å². The number of nitrogens with zero attached hydrogens (tertiary/aromatic N) is 2. The zero-order chi connectivity index (χ0) is 22.1. The van der Waals surface area contributed by atoms with E-state index >= 15 is 0 Å². The third-order valence-corrected chi connectivity index (χ3v) is 8.11. The molecule has 0 saturated carbocycles. The maximum absolute atomic E-state index is 13.0. The SMILES string of the molecule is CCN1CCc2c(sc(-n3cccc3)c2[C@@H](C)NC(=O)Nc2cccc3c2CCCC3)C1. The van der Waals surface area contributed by atoms with Gasteiger partial charge in [-0.2, -0.15) is 0 Å². The summed E-state index contributed by atoms with van der Waals surface area (Å²) in [6.45, 7) is 7.49. The molecule has 0 radical (unpaired) electrons. The highest BCUT2D eigenvalue weighted by atomic mass is 32.1. The number of hydrogen-bond donors (Lipinski definition) is 2. The van der Waals surface area contributed by atoms with Crippen molar-refractivity contribution in [2.75, 3.05) is 18.4 Å². The minimum Gasteiger partial charge on any atom is -0.331 e. The van der Waals surface area contributed by atoms with Crippen LogP contribution in [-0.2, 0) is 25.8 Å². The average Bonchev–Trinajstić information content (AvgIpc) is 3.46. The molecule has 0 spiro atoms. The highest BCUT2D eigenvalue weighted by molar-refractivity contribution is 7.15. The Hall–Kier alpha value is -2.57. The predicted molar refractivity (Wildman–Crippen MR) is 132 cm³/mol. The first kappa shape index (κ1) is 21.3. The van der Waals surface area contributed by atoms with Gasteiger partial charge >= 0.3 is 6.03 Å². The molecular weight excluding hydrogens is 416 g/mol. The third-order valence-electron chi connectivity index (χ3n) is 6.87. The fourth-order valence-electron chi connectivity index (χ4n) is 5.17. The van der Waals surface area contributed by atoms with Crippen molar-refractivity contribution in [3.63, 3.8) is 0 Å². The van der Waals surface area contributed by atoms with Gasteiger partial charge in [-0.15, -0.1) is 11.3 Å². The first-order valence-electron chi connectivity index (χ1n) is 11.8. The number of anilines is 1. The number of aryl methyl sites for hydroxylation is 1. The van der Waals surface area contributed by atoms with Crippen LogP contribution in [0.5, 0.6) is 0 Å². The first-order chi connectivity index (χ1) is 15.6. The summed E-state index contributed by atoms with van der Waals surface area (Å²) in [7, 11) is 0. The summed E-state index contributed by atoms with van der Waals surface area (Å²) < 4.78 is 2.19. The number of likely N-dealkylation sites (N-methyl/N-ethyl adjacent to an activating group) is 1. The minimum atomic E-state index is -0.124. The number of benzene rings is 1. The van der Waals surface area contributed by atoms with E-state index < -0.39 is 0 Å². The van der Waals surface area contributed by atoms with E-state index in [4.69, 9.17) is 0 Å². The normalized spacial score (nSPS) is 16.8. The lowest BCUT2D eigenvalue weighted by Gasteiger charge is -2.27. The van der Waals surface area contributed by atoms with Gasteiger partial charge in [0.2, 0.25) is 0 Å². The molecule has 3 aromatic rings. The van der Waals surface area contributed by atoms with Crippen molar-refractivity contribution >= 4 is 23.1 Å². The Morgan fingerprint density at radius 3 is 2.72 bits per heavy atom. The number of thiophene rings is 1. The molecule has 32 heavy (non-hydrogen) atoms. The molecule has 0 unspecified atom stereocenters. The summed E-state index contributed by atoms with van der Waals surface area (Å²) in [6.07, 6.45) is 9.82. The van der Waals surface area contributed by atoms with Gasteiger partial charge in [-0.1, -0.05) is 19.1 Å². The van der Waals surface area contributed by atoms with E-state index in [-0.39, 0.29) is 12.1 Å². The van der Waals surface area contributed by atoms with Gasteiger partial charge in [0, 0.05) is 41.6 Å². The van der Waals surface area contributed by atoms with Crippen molar-refractivity contribution in [3.8, 4) is 5.00 Å². The monoisotopic (exact) mass is 448 g/mol. The number of rotatable bonds is 5. The second-order valence-corrected chi connectivity index (χ2v) is 9.99. The molecule has 1 aliphatic heterocycles. The van der Waals surface area contributed by atoms with Crippen LogP contribution in [0.4, 0.5) is 10.5 Å². The van der Waals surface area contributed by atoms with Crippen molar-refractivity contribution in [3.05, 3.63) is 69.9 Å². The molecule has 6 heteroatoms. The van der Waals surface area contributed by atoms with Gasteiger partial charge in [0.1, 0.15) is 5.00 Å². The van der Waals surface area contributed by atoms with E-state index in [1.54, 1.807) is 0 Å². The van der Waals surface area contributed by atoms with E-state index in [1.807, 2.05) is 17.4 Å². The summed E-state index contributed by atoms with van der Waals surface area (Å²) in [5.74, 6) is 0. The fraction of sp³-hybridized carbons (Fsp3) is 0.423. The molecule has 168 valence electrons. The van der Waals surface area contributed by atoms with Crippen LogP contribution < -0.4 is 10.6 Å². The van der Waals surface area contributed by atoms with Gasteiger partial charge in [0.25, 0.3) is 0 Å². The summed E-state index contributed by atoms with van der Waals surface area (Å²) in [5.41, 5.74) is 6.34. The molecule has 1 aromatic carbocycles. The molecule has 1 aliphatic carbocycles. The lowest BCUT2D eigenvalue weighted by molar-refractivity contribution is 0.249. The number of hydrogen-bond acceptors (Lipinski definition) is 3. The molecular formula is C26H32N4OS. The maximum Gasteiger partial charge on any atom is 0.319 e. The van der Waals surface area contributed by atoms with Crippen molar-refractivity contribution in [1.29, 1.82) is 0 Å². The van der Waals surface area contributed by atoms with Crippen molar-refractivity contribution in [1.82, 2.24) is 14.8 Å². The van der Waals surface area contributed by atoms with E-state index in [0.717, 1.165) is 44.6 Å². The van der Waals surface area contributed by atoms with Crippen molar-refractivity contribution in [2.24, 2.45) is 0 Å². The average molecular weight is 449 g/mol. The van der Waals surface area contributed by atoms with Gasteiger partial charge in [-0.05, 0) is 80.5 Å². The maximum atomic E-state index is 13.0. The Morgan fingerprint density at radius 1 is 1.09 bits per heavy atom. The van der Waals surface area contributed by atoms with Crippen molar-refractivity contribution < 1.29 is 4.79 Å². The quantitative estimate of drug-likeness (QED) is 0.528. The first-order valence-corrected chi connectivity index (χ1v) is 12.6. The predicted octanol–water partition coefficient (Wildman–Crippen LogP) is 5.68. The van der Waals surface area contributed by atoms with E-state index in [0.29, 0.717) is 0 Å². The second kappa shape index (κ2) is 9.12. The van der Waals surface area contributed by atoms with Crippen LogP contribution in [0.3, 0.4) is 0 Å². The topological polar surface area (TPSA) is 49.3 Å². The lowest BCUT2D eigenvalue weighted by atomic mass is 9.90. The zero-order valence-electron chi connectivity index (χ0n) is 19.0. The number of fused-ring (bicyclic) bond motifs is 2. The van der Waals surface area contributed by atoms with E-state index in [9.17, 15) is 4.79 Å². The molecule has 5 rings (SSSR count). The Kier molecular flexibility index (Phi) is 6.07. The van der Waals surface area contributed by atoms with Crippen LogP contribution in [0.1, 0.15) is 59.9 Å². The van der Waals surface area contributed by atoms with Gasteiger partial charge in [-0.3, -0.25) is 4.90 Å². The molecule has 2 aromatic heterocycles. The van der Waals surface area contributed by atoms with Gasteiger partial charge in [-0.25, -0.2) is 4.79 Å². The molecule has 3 heterocycles. The number of nitrogens with one attached hydrogen (secondary N) is 2. The Morgan fingerprint density at radius 2 is 1.91 bits per heavy atom. The van der Waals surface area contributed by atoms with Crippen LogP contribution in [0.2, 0.25) is 0 Å². The van der Waals surface area contributed by atoms with Crippen LogP contribution >= 0.6 is 11.3 Å². The minimum absolute atomic E-state index is 0.0693. The molecule has 2 amide bonds. The summed E-state index contributed by atoms with van der Waals surface area (Å²) in [5, 5.41) is 7.62. The molecule has 5 nitrogen and oxygen atoms in total. The van der Waals surface area contributed by atoms with Crippen LogP contribution in [-0.4, -0.2) is 28.6 Å². The molecule has 2 N–H and O–H groups in total. The smallest absolute Gasteiger partial charge is 0.319 e. The molecule has 0 bridgehead atoms. The Bertz CT molecular complexity index is 1100. The highest BCUT2D eigenvalue weighted by Gasteiger charge is 2.28. The summed E-state index contributed by atoms with van der Waals surface area (Å²) in [4.78, 5) is 17.0. The number of aromatic nitrogens is 1. The molecule has 0 fully saturated rings. The van der Waals surface area contributed by atoms with Crippen molar-refractivity contribution in [2.45, 2.75) is 58.5 Å². The van der Waals surface area contributed by atoms with Crippen LogP contribution in [0.25, 0.3) is 5.00 Å². The number of amides is 2. The second-order valence-electron chi connectivity index (χ2n) is 8.90. The fourth-order valence-corrected chi connectivity index (χ4v) is 6.62. The van der Waals surface area contributed by atoms with Gasteiger partial charge < -0.3 is 15.2 Å². The largest absolute Gasteiger partial charge is 0.331 e. The Labute approximate surface area is 194 Å². The van der Waals surface area contributed by atoms with E-state index in [1.165, 1.54) is 45.0 Å². The third kappa shape index (κ3) is 4.09. The highest BCUT2D eigenvalue weighted by Crippen LogP contribution is 2.39. The molecule has 1 atom stereocenters. The van der Waals surface area contributed by atoms with Crippen LogP contribution in [0, 0.1) is 0 Å². The van der Waals surface area contributed by atoms with E-state index in [2.05, 4.69) is 70.6 Å². The molecule has 0 saturated heterocycles. The number of urea groups is 1. The standard InChI is InChI=1S/C26H32N4OS/c1-3-29-16-13-21-23(17-29)32-25(30-14-6-7-15-30)24(21)18(2)27-26(31)28-22-12-8-10-19-9-4-5-11-20(19)22/h6-8,10,12,14-15,18H,3-5,9,11,13,16-17H2,1-2H3,(H2,27,28,31)/t18-/m1/s1.